The second-order valence-electron chi connectivity index (χ2n) is 9.41. The van der Waals surface area contributed by atoms with Gasteiger partial charge in [0.1, 0.15) is 24.2 Å². The van der Waals surface area contributed by atoms with Gasteiger partial charge in [-0.15, -0.1) is 0 Å². The second kappa shape index (κ2) is 13.4. The van der Waals surface area contributed by atoms with Crippen molar-refractivity contribution in [2.45, 2.75) is 72.1 Å². The van der Waals surface area contributed by atoms with Gasteiger partial charge in [0.05, 0.1) is 6.07 Å². The molecule has 1 aromatic carbocycles. The molecule has 0 spiro atoms. The molecule has 34 heavy (non-hydrogen) atoms. The van der Waals surface area contributed by atoms with E-state index in [1.54, 1.807) is 58.9 Å². The van der Waals surface area contributed by atoms with E-state index < -0.39 is 35.6 Å². The molecule has 0 saturated heterocycles. The Morgan fingerprint density at radius 1 is 1.26 bits per heavy atom. The van der Waals surface area contributed by atoms with Crippen molar-refractivity contribution in [3.05, 3.63) is 42.0 Å². The molecule has 3 amide bonds. The van der Waals surface area contributed by atoms with Crippen LogP contribution in [0.2, 0.25) is 0 Å². The van der Waals surface area contributed by atoms with Crippen LogP contribution in [0.1, 0.15) is 71.6 Å². The van der Waals surface area contributed by atoms with Crippen molar-refractivity contribution in [1.82, 2.24) is 15.5 Å². The van der Waals surface area contributed by atoms with E-state index in [4.69, 9.17) is 4.74 Å². The van der Waals surface area contributed by atoms with Crippen molar-refractivity contribution >= 4 is 24.0 Å². The van der Waals surface area contributed by atoms with E-state index in [-0.39, 0.29) is 12.5 Å². The molecule has 0 saturated carbocycles. The Bertz CT molecular complexity index is 899. The van der Waals surface area contributed by atoms with Crippen molar-refractivity contribution in [2.75, 3.05) is 13.1 Å². The van der Waals surface area contributed by atoms with Gasteiger partial charge in [-0.1, -0.05) is 58.0 Å². The summed E-state index contributed by atoms with van der Waals surface area (Å²) < 4.78 is 5.32. The minimum absolute atomic E-state index is 0.315. The van der Waals surface area contributed by atoms with E-state index >= 15 is 0 Å². The molecule has 186 valence electrons. The highest BCUT2D eigenvalue weighted by Gasteiger charge is 2.37. The van der Waals surface area contributed by atoms with Gasteiger partial charge in [0.25, 0.3) is 0 Å². The van der Waals surface area contributed by atoms with Crippen LogP contribution in [0.25, 0.3) is 6.08 Å². The maximum absolute atomic E-state index is 13.7. The maximum atomic E-state index is 13.7. The molecule has 0 heterocycles. The largest absolute Gasteiger partial charge is 0.444 e. The van der Waals surface area contributed by atoms with E-state index in [1.807, 2.05) is 19.1 Å². The summed E-state index contributed by atoms with van der Waals surface area (Å²) in [5.74, 6) is -1.25. The molecule has 0 aliphatic heterocycles. The number of carbonyl (C=O) groups is 3. The lowest BCUT2D eigenvalue weighted by Crippen LogP contribution is -2.55. The first kappa shape index (κ1) is 28.7. The van der Waals surface area contributed by atoms with E-state index in [0.717, 1.165) is 18.4 Å². The number of carbonyl (C=O) groups excluding carboxylic acids is 3. The number of nitrogens with one attached hydrogen (secondary N) is 2. The van der Waals surface area contributed by atoms with E-state index in [2.05, 4.69) is 17.2 Å². The summed E-state index contributed by atoms with van der Waals surface area (Å²) in [6, 6.07) is 7.06. The summed E-state index contributed by atoms with van der Waals surface area (Å²) in [4.78, 5) is 40.6. The molecule has 0 aromatic heterocycles. The van der Waals surface area contributed by atoms with Gasteiger partial charge in [-0.2, -0.15) is 5.26 Å². The minimum Gasteiger partial charge on any atom is -0.444 e. The molecule has 0 aliphatic carbocycles. The summed E-state index contributed by atoms with van der Waals surface area (Å²) in [6.45, 7) is 14.6. The van der Waals surface area contributed by atoms with Gasteiger partial charge in [0.15, 0.2) is 0 Å². The van der Waals surface area contributed by atoms with Crippen LogP contribution in [0, 0.1) is 17.2 Å². The third kappa shape index (κ3) is 8.89. The summed E-state index contributed by atoms with van der Waals surface area (Å²) >= 11 is 0. The Morgan fingerprint density at radius 2 is 1.94 bits per heavy atom. The van der Waals surface area contributed by atoms with Crippen molar-refractivity contribution in [3.63, 3.8) is 0 Å². The van der Waals surface area contributed by atoms with Crippen molar-refractivity contribution < 1.29 is 19.1 Å². The first-order chi connectivity index (χ1) is 15.9. The highest BCUT2D eigenvalue weighted by Crippen LogP contribution is 2.25. The van der Waals surface area contributed by atoms with Gasteiger partial charge < -0.3 is 20.3 Å². The van der Waals surface area contributed by atoms with Gasteiger partial charge in [-0.05, 0) is 50.3 Å². The molecular formula is C26H38N4O4. The maximum Gasteiger partial charge on any atom is 0.408 e. The zero-order valence-corrected chi connectivity index (χ0v) is 21.2. The van der Waals surface area contributed by atoms with Crippen molar-refractivity contribution in [3.8, 4) is 6.07 Å². The molecule has 0 fully saturated rings. The van der Waals surface area contributed by atoms with E-state index in [1.165, 1.54) is 4.90 Å². The molecule has 1 aromatic rings. The third-order valence-electron chi connectivity index (χ3n) is 4.98. The van der Waals surface area contributed by atoms with Crippen molar-refractivity contribution in [2.24, 2.45) is 5.92 Å². The fraction of sp³-hybridized carbons (Fsp3) is 0.538. The predicted molar refractivity (Wildman–Crippen MR) is 133 cm³/mol. The summed E-state index contributed by atoms with van der Waals surface area (Å²) in [5, 5.41) is 15.0. The van der Waals surface area contributed by atoms with Crippen LogP contribution in [0.3, 0.4) is 0 Å². The lowest BCUT2D eigenvalue weighted by Gasteiger charge is -2.34. The fourth-order valence-corrected chi connectivity index (χ4v) is 3.31. The Balaban J connectivity index is 3.41. The summed E-state index contributed by atoms with van der Waals surface area (Å²) in [7, 11) is 0. The average molecular weight is 471 g/mol. The molecule has 2 atom stereocenters. The van der Waals surface area contributed by atoms with Crippen LogP contribution in [0.4, 0.5) is 4.79 Å². The number of nitriles is 1. The average Bonchev–Trinajstić information content (AvgIpc) is 2.75. The minimum atomic E-state index is -1.05. The second-order valence-corrected chi connectivity index (χ2v) is 9.41. The monoisotopic (exact) mass is 470 g/mol. The highest BCUT2D eigenvalue weighted by atomic mass is 16.6. The Morgan fingerprint density at radius 3 is 2.47 bits per heavy atom. The number of alkyl carbamates (subject to hydrolysis) is 1. The highest BCUT2D eigenvalue weighted by molar-refractivity contribution is 5.92. The van der Waals surface area contributed by atoms with Crippen LogP contribution in [-0.4, -0.2) is 47.5 Å². The number of hydrogen-bond acceptors (Lipinski definition) is 5. The van der Waals surface area contributed by atoms with Gasteiger partial charge in [0, 0.05) is 6.54 Å². The van der Waals surface area contributed by atoms with Gasteiger partial charge >= 0.3 is 6.09 Å². The third-order valence-corrected chi connectivity index (χ3v) is 4.98. The van der Waals surface area contributed by atoms with Crippen molar-refractivity contribution in [1.29, 1.82) is 5.26 Å². The molecule has 0 bridgehead atoms. The van der Waals surface area contributed by atoms with E-state index in [0.29, 0.717) is 12.1 Å². The zero-order valence-electron chi connectivity index (χ0n) is 21.2. The van der Waals surface area contributed by atoms with Crippen LogP contribution >= 0.6 is 0 Å². The molecule has 2 unspecified atom stereocenters. The topological polar surface area (TPSA) is 112 Å². The molecule has 1 rings (SSSR count). The Kier molecular flexibility index (Phi) is 11.3. The number of ether oxygens (including phenoxy) is 1. The van der Waals surface area contributed by atoms with Gasteiger partial charge in [0.2, 0.25) is 11.8 Å². The first-order valence-corrected chi connectivity index (χ1v) is 11.6. The van der Waals surface area contributed by atoms with Crippen LogP contribution in [0.15, 0.2) is 30.8 Å². The number of amides is 3. The first-order valence-electron chi connectivity index (χ1n) is 11.6. The lowest BCUT2D eigenvalue weighted by molar-refractivity contribution is -0.142. The van der Waals surface area contributed by atoms with E-state index in [9.17, 15) is 19.6 Å². The van der Waals surface area contributed by atoms with Crippen LogP contribution < -0.4 is 10.6 Å². The molecule has 0 radical (unpaired) electrons. The van der Waals surface area contributed by atoms with Crippen LogP contribution in [0.5, 0.6) is 0 Å². The van der Waals surface area contributed by atoms with Gasteiger partial charge in [-0.3, -0.25) is 9.59 Å². The predicted octanol–water partition coefficient (Wildman–Crippen LogP) is 4.19. The normalized spacial score (nSPS) is 12.8. The Labute approximate surface area is 203 Å². The number of hydrogen-bond donors (Lipinski definition) is 2. The molecular weight excluding hydrogens is 432 g/mol. The Hall–Kier alpha value is -3.34. The number of rotatable bonds is 11. The standard InChI is InChI=1S/C26H38N4O4/c1-8-10-15-28-23(31)22(20-13-11-12-19(9-2)17-20)30(16-14-27)24(32)21(18(3)4)29-25(33)34-26(5,6)7/h9,11-13,17-18,21-22H,2,8,10,15-16H2,1,3-7H3,(H,28,31)(H,29,33). The summed E-state index contributed by atoms with van der Waals surface area (Å²) in [6.07, 6.45) is 2.58. The fourth-order valence-electron chi connectivity index (χ4n) is 3.31. The number of unbranched alkanes of at least 4 members (excludes halogenated alkanes) is 1. The summed E-state index contributed by atoms with van der Waals surface area (Å²) in [5.41, 5.74) is 0.587. The quantitative estimate of drug-likeness (QED) is 0.372. The zero-order chi connectivity index (χ0) is 25.9. The smallest absolute Gasteiger partial charge is 0.408 e. The molecule has 0 aliphatic rings. The van der Waals surface area contributed by atoms with Gasteiger partial charge in [-0.25, -0.2) is 4.79 Å². The SMILES string of the molecule is C=Cc1cccc(C(C(=O)NCCCC)N(CC#N)C(=O)C(NC(=O)OC(C)(C)C)C(C)C)c1. The number of nitrogens with zero attached hydrogens (tertiary/aromatic N) is 2. The molecule has 8 nitrogen and oxygen atoms in total. The number of benzene rings is 1. The lowest BCUT2D eigenvalue weighted by atomic mass is 9.97. The molecule has 8 heteroatoms. The van der Waals surface area contributed by atoms with Crippen LogP contribution in [-0.2, 0) is 14.3 Å². The molecule has 2 N–H and O–H groups in total.